The van der Waals surface area contributed by atoms with Crippen molar-refractivity contribution in [2.24, 2.45) is 0 Å². The fraction of sp³-hybridized carbons (Fsp3) is 0.500. The number of carboxylic acid groups (broad SMARTS) is 1. The highest BCUT2D eigenvalue weighted by molar-refractivity contribution is 6.11. The lowest BCUT2D eigenvalue weighted by Gasteiger charge is -2.48. The molecule has 0 radical (unpaired) electrons. The monoisotopic (exact) mass is 387 g/mol. The van der Waals surface area contributed by atoms with Gasteiger partial charge in [-0.05, 0) is 31.9 Å². The number of aliphatic carboxylic acids is 1. The molecule has 3 amide bonds. The summed E-state index contributed by atoms with van der Waals surface area (Å²) in [7, 11) is 0. The quantitative estimate of drug-likeness (QED) is 0.741. The van der Waals surface area contributed by atoms with Crippen LogP contribution in [0.2, 0.25) is 0 Å². The fourth-order valence-electron chi connectivity index (χ4n) is 3.99. The molecule has 2 atom stereocenters. The second-order valence-corrected chi connectivity index (χ2v) is 7.46. The zero-order valence-electron chi connectivity index (χ0n) is 16.1. The summed E-state index contributed by atoms with van der Waals surface area (Å²) in [6.45, 7) is 3.41. The van der Waals surface area contributed by atoms with E-state index in [1.807, 2.05) is 6.92 Å². The van der Waals surface area contributed by atoms with E-state index in [-0.39, 0.29) is 24.8 Å². The molecular weight excluding hydrogens is 362 g/mol. The molecule has 0 saturated carbocycles. The summed E-state index contributed by atoms with van der Waals surface area (Å²) in [5.74, 6) is -2.07. The van der Waals surface area contributed by atoms with E-state index in [9.17, 15) is 24.3 Å². The molecule has 2 heterocycles. The summed E-state index contributed by atoms with van der Waals surface area (Å²) < 4.78 is 0. The van der Waals surface area contributed by atoms with Crippen molar-refractivity contribution in [1.82, 2.24) is 10.2 Å². The van der Waals surface area contributed by atoms with Crippen LogP contribution in [0, 0.1) is 0 Å². The lowest BCUT2D eigenvalue weighted by Crippen LogP contribution is -2.64. The summed E-state index contributed by atoms with van der Waals surface area (Å²) in [5.41, 5.74) is -0.0218. The van der Waals surface area contributed by atoms with Crippen LogP contribution in [0.5, 0.6) is 0 Å². The zero-order valence-corrected chi connectivity index (χ0v) is 16.1. The maximum Gasteiger partial charge on any atom is 0.326 e. The lowest BCUT2D eigenvalue weighted by molar-refractivity contribution is -0.142. The van der Waals surface area contributed by atoms with Crippen molar-refractivity contribution < 1.29 is 24.3 Å². The Kier molecular flexibility index (Phi) is 5.40. The number of fused-ring (bicyclic) bond motifs is 3. The number of benzene rings is 1. The van der Waals surface area contributed by atoms with Gasteiger partial charge in [0.05, 0.1) is 11.3 Å². The Bertz CT molecular complexity index is 824. The van der Waals surface area contributed by atoms with Gasteiger partial charge in [-0.25, -0.2) is 4.79 Å². The van der Waals surface area contributed by atoms with Crippen LogP contribution in [-0.4, -0.2) is 51.9 Å². The Balaban J connectivity index is 1.85. The van der Waals surface area contributed by atoms with Crippen molar-refractivity contribution in [3.63, 3.8) is 0 Å². The molecule has 8 nitrogen and oxygen atoms in total. The largest absolute Gasteiger partial charge is 0.480 e. The third-order valence-corrected chi connectivity index (χ3v) is 5.53. The number of nitrogens with zero attached hydrogens (tertiary/aromatic N) is 2. The van der Waals surface area contributed by atoms with E-state index in [1.54, 1.807) is 36.1 Å². The molecule has 3 rings (SSSR count). The van der Waals surface area contributed by atoms with Crippen LogP contribution in [0.15, 0.2) is 24.3 Å². The van der Waals surface area contributed by atoms with E-state index >= 15 is 0 Å². The molecule has 0 bridgehead atoms. The highest BCUT2D eigenvalue weighted by Gasteiger charge is 2.53. The van der Waals surface area contributed by atoms with E-state index in [4.69, 9.17) is 0 Å². The third-order valence-electron chi connectivity index (χ3n) is 5.53. The molecule has 2 N–H and O–H groups in total. The Morgan fingerprint density at radius 3 is 2.68 bits per heavy atom. The Morgan fingerprint density at radius 1 is 1.29 bits per heavy atom. The summed E-state index contributed by atoms with van der Waals surface area (Å²) in [5, 5.41) is 11.8. The number of hydrogen-bond acceptors (Lipinski definition) is 4. The minimum atomic E-state index is -1.10. The Hall–Kier alpha value is -2.90. The van der Waals surface area contributed by atoms with Gasteiger partial charge in [-0.15, -0.1) is 0 Å². The van der Waals surface area contributed by atoms with Gasteiger partial charge in [-0.1, -0.05) is 31.9 Å². The number of nitrogens with one attached hydrogen (secondary N) is 1. The number of anilines is 1. The van der Waals surface area contributed by atoms with Crippen molar-refractivity contribution in [2.75, 3.05) is 11.4 Å². The number of carbonyl (C=O) groups excluding carboxylic acids is 3. The van der Waals surface area contributed by atoms with Crippen molar-refractivity contribution in [2.45, 2.75) is 57.7 Å². The van der Waals surface area contributed by atoms with Gasteiger partial charge in [0.2, 0.25) is 11.8 Å². The number of unbranched alkanes of at least 4 members (excludes halogenated alkanes) is 1. The van der Waals surface area contributed by atoms with Crippen LogP contribution in [-0.2, 0) is 14.4 Å². The molecule has 1 saturated heterocycles. The second kappa shape index (κ2) is 7.61. The number of carboxylic acids is 1. The van der Waals surface area contributed by atoms with E-state index in [0.29, 0.717) is 30.5 Å². The van der Waals surface area contributed by atoms with Crippen LogP contribution in [0.1, 0.15) is 56.3 Å². The fourth-order valence-corrected chi connectivity index (χ4v) is 3.99. The Morgan fingerprint density at radius 2 is 2.00 bits per heavy atom. The second-order valence-electron chi connectivity index (χ2n) is 7.46. The molecule has 1 unspecified atom stereocenters. The lowest BCUT2D eigenvalue weighted by atomic mass is 9.98. The summed E-state index contributed by atoms with van der Waals surface area (Å²) in [4.78, 5) is 52.6. The highest BCUT2D eigenvalue weighted by atomic mass is 16.4. The highest BCUT2D eigenvalue weighted by Crippen LogP contribution is 2.43. The first-order valence-corrected chi connectivity index (χ1v) is 9.56. The van der Waals surface area contributed by atoms with E-state index in [0.717, 1.165) is 6.42 Å². The third kappa shape index (κ3) is 3.34. The van der Waals surface area contributed by atoms with Gasteiger partial charge < -0.3 is 15.3 Å². The summed E-state index contributed by atoms with van der Waals surface area (Å²) >= 11 is 0. The van der Waals surface area contributed by atoms with Crippen LogP contribution in [0.3, 0.4) is 0 Å². The van der Waals surface area contributed by atoms with E-state index in [1.165, 1.54) is 4.90 Å². The van der Waals surface area contributed by atoms with E-state index < -0.39 is 23.6 Å². The molecular formula is C20H25N3O5. The van der Waals surface area contributed by atoms with Crippen LogP contribution in [0.25, 0.3) is 0 Å². The zero-order chi connectivity index (χ0) is 20.5. The summed E-state index contributed by atoms with van der Waals surface area (Å²) in [6.07, 6.45) is 2.52. The van der Waals surface area contributed by atoms with Crippen molar-refractivity contribution in [3.8, 4) is 0 Å². The number of carbonyl (C=O) groups is 4. The van der Waals surface area contributed by atoms with Crippen molar-refractivity contribution >= 4 is 29.4 Å². The van der Waals surface area contributed by atoms with Gasteiger partial charge in [0.1, 0.15) is 18.2 Å². The smallest absolute Gasteiger partial charge is 0.326 e. The minimum absolute atomic E-state index is 0.0979. The number of rotatable bonds is 7. The molecule has 1 aromatic rings. The molecule has 0 spiro atoms. The predicted molar refractivity (Wildman–Crippen MR) is 102 cm³/mol. The minimum Gasteiger partial charge on any atom is -0.480 e. The van der Waals surface area contributed by atoms with Gasteiger partial charge in [-0.3, -0.25) is 19.3 Å². The molecule has 0 aliphatic carbocycles. The number of amides is 3. The van der Waals surface area contributed by atoms with E-state index in [2.05, 4.69) is 5.32 Å². The average molecular weight is 387 g/mol. The van der Waals surface area contributed by atoms with Gasteiger partial charge in [0, 0.05) is 6.42 Å². The predicted octanol–water partition coefficient (Wildman–Crippen LogP) is 1.74. The van der Waals surface area contributed by atoms with Crippen molar-refractivity contribution in [3.05, 3.63) is 29.8 Å². The molecule has 8 heteroatoms. The first-order chi connectivity index (χ1) is 13.3. The molecule has 2 aliphatic heterocycles. The van der Waals surface area contributed by atoms with Crippen LogP contribution < -0.4 is 10.2 Å². The first-order valence-electron chi connectivity index (χ1n) is 9.56. The number of hydrogen-bond donors (Lipinski definition) is 2. The molecule has 28 heavy (non-hydrogen) atoms. The van der Waals surface area contributed by atoms with Gasteiger partial charge >= 0.3 is 5.97 Å². The van der Waals surface area contributed by atoms with Crippen LogP contribution in [0.4, 0.5) is 5.69 Å². The Labute approximate surface area is 163 Å². The van der Waals surface area contributed by atoms with Gasteiger partial charge in [0.25, 0.3) is 5.91 Å². The number of para-hydroxylation sites is 1. The molecule has 0 aromatic heterocycles. The molecule has 150 valence electrons. The SMILES string of the molecule is CCCC[C@H](NC(=O)CN1C(=O)c2ccccc2N2C(=O)CCC12C)C(=O)O. The molecule has 1 aromatic carbocycles. The average Bonchev–Trinajstić information content (AvgIpc) is 2.97. The van der Waals surface area contributed by atoms with Gasteiger partial charge in [0.15, 0.2) is 0 Å². The maximum absolute atomic E-state index is 13.1. The topological polar surface area (TPSA) is 107 Å². The standard InChI is InChI=1S/C20H25N3O5/c1-3-4-8-14(19(27)28)21-16(24)12-22-18(26)13-7-5-6-9-15(13)23-17(25)10-11-20(22,23)2/h5-7,9,14H,3-4,8,10-12H2,1-2H3,(H,21,24)(H,27,28)/t14-,20?/m0/s1. The summed E-state index contributed by atoms with van der Waals surface area (Å²) in [6, 6.07) is 5.86. The van der Waals surface area contributed by atoms with Crippen molar-refractivity contribution in [1.29, 1.82) is 0 Å². The molecule has 2 aliphatic rings. The first kappa shape index (κ1) is 19.9. The molecule has 1 fully saturated rings. The van der Waals surface area contributed by atoms with Crippen LogP contribution >= 0.6 is 0 Å². The van der Waals surface area contributed by atoms with Gasteiger partial charge in [-0.2, -0.15) is 0 Å². The normalized spacial score (nSPS) is 21.9. The maximum atomic E-state index is 13.1.